The summed E-state index contributed by atoms with van der Waals surface area (Å²) in [7, 11) is -3.14. The molecule has 8 nitrogen and oxygen atoms in total. The van der Waals surface area contributed by atoms with E-state index in [1.165, 1.54) is 18.2 Å². The normalized spacial score (nSPS) is 19.8. The maximum absolute atomic E-state index is 13.3. The van der Waals surface area contributed by atoms with Gasteiger partial charge in [0.15, 0.2) is 15.5 Å². The van der Waals surface area contributed by atoms with Crippen LogP contribution in [0.3, 0.4) is 0 Å². The van der Waals surface area contributed by atoms with E-state index in [0.29, 0.717) is 28.7 Å². The van der Waals surface area contributed by atoms with Gasteiger partial charge in [0.05, 0.1) is 39.9 Å². The molecule has 0 spiro atoms. The van der Waals surface area contributed by atoms with Crippen LogP contribution in [-0.2, 0) is 9.84 Å². The van der Waals surface area contributed by atoms with E-state index in [4.69, 9.17) is 4.98 Å². The highest BCUT2D eigenvalue weighted by Crippen LogP contribution is 2.41. The molecule has 1 saturated heterocycles. The molecule has 174 valence electrons. The number of rotatable bonds is 6. The first kappa shape index (κ1) is 21.7. The van der Waals surface area contributed by atoms with Crippen molar-refractivity contribution in [3.8, 4) is 5.75 Å². The number of anilines is 1. The van der Waals surface area contributed by atoms with Crippen LogP contribution in [0.25, 0.3) is 11.0 Å². The molecule has 5 rings (SSSR count). The van der Waals surface area contributed by atoms with Gasteiger partial charge in [0, 0.05) is 11.6 Å². The van der Waals surface area contributed by atoms with Crippen LogP contribution in [0.15, 0.2) is 30.3 Å². The van der Waals surface area contributed by atoms with Crippen molar-refractivity contribution in [2.45, 2.75) is 44.8 Å². The summed E-state index contributed by atoms with van der Waals surface area (Å²) in [5.41, 5.74) is 2.20. The van der Waals surface area contributed by atoms with Crippen LogP contribution in [0.5, 0.6) is 5.75 Å². The topological polar surface area (TPSA) is 103 Å². The number of para-hydroxylation sites is 2. The lowest BCUT2D eigenvalue weighted by atomic mass is 10.1. The third-order valence-electron chi connectivity index (χ3n) is 6.00. The molecule has 33 heavy (non-hydrogen) atoms. The van der Waals surface area contributed by atoms with Gasteiger partial charge in [0.25, 0.3) is 5.91 Å². The van der Waals surface area contributed by atoms with E-state index in [9.17, 15) is 22.0 Å². The lowest BCUT2D eigenvalue weighted by Gasteiger charge is -2.14. The number of hydrogen-bond acceptors (Lipinski definition) is 6. The van der Waals surface area contributed by atoms with E-state index in [1.807, 2.05) is 0 Å². The summed E-state index contributed by atoms with van der Waals surface area (Å²) >= 11 is 0. The fourth-order valence-electron chi connectivity index (χ4n) is 4.28. The van der Waals surface area contributed by atoms with Crippen LogP contribution in [0.4, 0.5) is 14.5 Å². The highest BCUT2D eigenvalue weighted by atomic mass is 32.2. The van der Waals surface area contributed by atoms with Gasteiger partial charge in [0.2, 0.25) is 0 Å². The Morgan fingerprint density at radius 1 is 1.24 bits per heavy atom. The van der Waals surface area contributed by atoms with Gasteiger partial charge in [0.1, 0.15) is 5.75 Å². The molecule has 1 atom stereocenters. The molecule has 1 N–H and O–H groups in total. The quantitative estimate of drug-likeness (QED) is 0.580. The Morgan fingerprint density at radius 3 is 2.67 bits per heavy atom. The monoisotopic (exact) mass is 476 g/mol. The highest BCUT2D eigenvalue weighted by Gasteiger charge is 2.34. The third kappa shape index (κ3) is 4.29. The van der Waals surface area contributed by atoms with Crippen molar-refractivity contribution in [3.63, 3.8) is 0 Å². The summed E-state index contributed by atoms with van der Waals surface area (Å²) in [6, 6.07) is 7.35. The van der Waals surface area contributed by atoms with Crippen LogP contribution >= 0.6 is 0 Å². The fraction of sp³-hybridized carbons (Fsp3) is 0.409. The van der Waals surface area contributed by atoms with E-state index in [2.05, 4.69) is 15.2 Å². The molecule has 2 aliphatic rings. The zero-order valence-electron chi connectivity index (χ0n) is 17.8. The number of pyridine rings is 1. The van der Waals surface area contributed by atoms with E-state index in [1.54, 1.807) is 23.7 Å². The molecule has 0 unspecified atom stereocenters. The van der Waals surface area contributed by atoms with Gasteiger partial charge in [-0.3, -0.25) is 4.79 Å². The molecule has 1 saturated carbocycles. The number of fused-ring (bicyclic) bond motifs is 1. The van der Waals surface area contributed by atoms with Crippen molar-refractivity contribution in [2.24, 2.45) is 0 Å². The number of nitrogens with one attached hydrogen (secondary N) is 1. The Balaban J connectivity index is 1.58. The Hall–Kier alpha value is -3.08. The van der Waals surface area contributed by atoms with Gasteiger partial charge in [-0.15, -0.1) is 0 Å². The van der Waals surface area contributed by atoms with E-state index in [-0.39, 0.29) is 34.9 Å². The molecule has 0 radical (unpaired) electrons. The molecular formula is C22H22F2N4O4S. The summed E-state index contributed by atoms with van der Waals surface area (Å²) < 4.78 is 55.8. The van der Waals surface area contributed by atoms with Gasteiger partial charge in [-0.1, -0.05) is 12.1 Å². The van der Waals surface area contributed by atoms with Gasteiger partial charge in [-0.05, 0) is 44.4 Å². The molecule has 3 heterocycles. The van der Waals surface area contributed by atoms with Gasteiger partial charge in [-0.25, -0.2) is 18.1 Å². The molecule has 3 aromatic rings. The zero-order valence-corrected chi connectivity index (χ0v) is 18.6. The number of sulfone groups is 1. The van der Waals surface area contributed by atoms with Crippen molar-refractivity contribution in [1.29, 1.82) is 0 Å². The Kier molecular flexibility index (Phi) is 5.31. The Labute approximate surface area is 188 Å². The van der Waals surface area contributed by atoms with E-state index in [0.717, 1.165) is 18.5 Å². The molecule has 2 fully saturated rings. The second kappa shape index (κ2) is 8.05. The number of carbonyl (C=O) groups is 1. The molecule has 11 heteroatoms. The first-order valence-electron chi connectivity index (χ1n) is 10.7. The maximum Gasteiger partial charge on any atom is 0.387 e. The smallest absolute Gasteiger partial charge is 0.387 e. The van der Waals surface area contributed by atoms with Crippen LogP contribution < -0.4 is 10.1 Å². The van der Waals surface area contributed by atoms with Crippen LogP contribution in [0, 0.1) is 6.92 Å². The second-order valence-corrected chi connectivity index (χ2v) is 10.7. The molecule has 1 aromatic carbocycles. The van der Waals surface area contributed by atoms with Crippen LogP contribution in [0.1, 0.15) is 53.0 Å². The summed E-state index contributed by atoms with van der Waals surface area (Å²) in [6.45, 7) is -1.29. The number of amides is 1. The van der Waals surface area contributed by atoms with Gasteiger partial charge in [-0.2, -0.15) is 13.9 Å². The standard InChI is InChI=1S/C22H22F2N4O4S/c1-12-19-15(21(29)26-16-4-2-3-5-18(16)32-22(23)24)10-17(13-6-7-13)25-20(19)28(27-12)14-8-9-33(30,31)11-14/h2-5,10,13-14,22H,6-9,11H2,1H3,(H,26,29)/t14-/m1/s1. The molecule has 2 aromatic heterocycles. The number of carbonyl (C=O) groups excluding carboxylic acids is 1. The van der Waals surface area contributed by atoms with E-state index < -0.39 is 22.4 Å². The molecule has 1 aliphatic carbocycles. The van der Waals surface area contributed by atoms with Crippen molar-refractivity contribution >= 4 is 32.5 Å². The van der Waals surface area contributed by atoms with Crippen LogP contribution in [0.2, 0.25) is 0 Å². The number of benzene rings is 1. The van der Waals surface area contributed by atoms with Crippen molar-refractivity contribution in [1.82, 2.24) is 14.8 Å². The maximum atomic E-state index is 13.3. The largest absolute Gasteiger partial charge is 0.433 e. The first-order chi connectivity index (χ1) is 15.7. The number of halogens is 2. The summed E-state index contributed by atoms with van der Waals surface area (Å²) in [5, 5.41) is 7.74. The minimum absolute atomic E-state index is 0.0154. The highest BCUT2D eigenvalue weighted by molar-refractivity contribution is 7.91. The average Bonchev–Trinajstić information content (AvgIpc) is 3.47. The number of aryl methyl sites for hydroxylation is 1. The van der Waals surface area contributed by atoms with Crippen LogP contribution in [-0.4, -0.2) is 47.2 Å². The molecule has 0 bridgehead atoms. The van der Waals surface area contributed by atoms with Crippen molar-refractivity contribution < 1.29 is 26.7 Å². The predicted octanol–water partition coefficient (Wildman–Crippen LogP) is 3.83. The van der Waals surface area contributed by atoms with E-state index >= 15 is 0 Å². The number of nitrogens with zero attached hydrogens (tertiary/aromatic N) is 3. The summed E-state index contributed by atoms with van der Waals surface area (Å²) in [5.74, 6) is -0.340. The number of ether oxygens (including phenoxy) is 1. The first-order valence-corrected chi connectivity index (χ1v) is 12.5. The Bertz CT molecular complexity index is 1350. The number of alkyl halides is 2. The number of aromatic nitrogens is 3. The van der Waals surface area contributed by atoms with Gasteiger partial charge < -0.3 is 10.1 Å². The second-order valence-electron chi connectivity index (χ2n) is 8.48. The minimum Gasteiger partial charge on any atom is -0.433 e. The number of hydrogen-bond donors (Lipinski definition) is 1. The summed E-state index contributed by atoms with van der Waals surface area (Å²) in [4.78, 5) is 18.1. The van der Waals surface area contributed by atoms with Gasteiger partial charge >= 0.3 is 6.61 Å². The van der Waals surface area contributed by atoms with Crippen molar-refractivity contribution in [2.75, 3.05) is 16.8 Å². The Morgan fingerprint density at radius 2 is 2.00 bits per heavy atom. The molecule has 1 aliphatic heterocycles. The summed E-state index contributed by atoms with van der Waals surface area (Å²) in [6.07, 6.45) is 2.35. The minimum atomic E-state index is -3.14. The lowest BCUT2D eigenvalue weighted by molar-refractivity contribution is -0.0493. The fourth-order valence-corrected chi connectivity index (χ4v) is 5.97. The van der Waals surface area contributed by atoms with Crippen molar-refractivity contribution in [3.05, 3.63) is 47.3 Å². The average molecular weight is 477 g/mol. The molecular weight excluding hydrogens is 454 g/mol. The molecule has 1 amide bonds. The zero-order chi connectivity index (χ0) is 23.3. The lowest BCUT2D eigenvalue weighted by Crippen LogP contribution is -2.16. The predicted molar refractivity (Wildman–Crippen MR) is 118 cm³/mol. The third-order valence-corrected chi connectivity index (χ3v) is 7.75. The SMILES string of the molecule is Cc1nn([C@@H]2CCS(=O)(=O)C2)c2nc(C3CC3)cc(C(=O)Nc3ccccc3OC(F)F)c12.